The van der Waals surface area contributed by atoms with Crippen molar-refractivity contribution in [1.29, 1.82) is 0 Å². The van der Waals surface area contributed by atoms with Crippen LogP contribution in [0.3, 0.4) is 0 Å². The number of amides is 4. The van der Waals surface area contributed by atoms with Crippen LogP contribution in [-0.4, -0.2) is 75.3 Å². The van der Waals surface area contributed by atoms with Crippen molar-refractivity contribution in [2.45, 2.75) is 113 Å². The zero-order valence-corrected chi connectivity index (χ0v) is 34.4. The Morgan fingerprint density at radius 3 is 2.41 bits per heavy atom. The van der Waals surface area contributed by atoms with Gasteiger partial charge in [0.15, 0.2) is 0 Å². The number of ether oxygens (including phenoxy) is 1. The molecule has 4 heterocycles. The number of thiophene rings is 2. The van der Waals surface area contributed by atoms with E-state index >= 15 is 0 Å². The summed E-state index contributed by atoms with van der Waals surface area (Å²) in [6.07, 6.45) is 11.5. The van der Waals surface area contributed by atoms with E-state index in [1.807, 2.05) is 70.1 Å². The average molecular weight is 825 g/mol. The highest BCUT2D eigenvalue weighted by Gasteiger charge is 2.53. The molecule has 2 aliphatic carbocycles. The number of rotatable bonds is 18. The van der Waals surface area contributed by atoms with E-state index < -0.39 is 41.6 Å². The third-order valence-electron chi connectivity index (χ3n) is 11.5. The molecule has 1 aliphatic heterocycles. The summed E-state index contributed by atoms with van der Waals surface area (Å²) in [5, 5.41) is 21.3. The van der Waals surface area contributed by atoms with Gasteiger partial charge >= 0.3 is 6.09 Å². The van der Waals surface area contributed by atoms with Crippen LogP contribution in [0.4, 0.5) is 4.79 Å². The topological polar surface area (TPSA) is 152 Å². The normalized spacial score (nSPS) is 19.0. The monoisotopic (exact) mass is 824 g/mol. The van der Waals surface area contributed by atoms with Crippen molar-refractivity contribution < 1.29 is 23.9 Å². The SMILES string of the molecule is C=CCCCCC[C@H](NC(=O)OC1CCCC1)C(=O)N1C[C@H](n2ncc(-c3ccsc3)c(-c3ccsc3)c2=O)C[C@H]1C(=O)NC1(C(=O)NCCc2ccccc2)CC1. The summed E-state index contributed by atoms with van der Waals surface area (Å²) in [4.78, 5) is 71.9. The van der Waals surface area contributed by atoms with Gasteiger partial charge in [0.25, 0.3) is 5.56 Å². The van der Waals surface area contributed by atoms with E-state index in [1.54, 1.807) is 6.20 Å². The highest BCUT2D eigenvalue weighted by atomic mass is 32.1. The molecule has 1 aromatic carbocycles. The van der Waals surface area contributed by atoms with E-state index in [2.05, 4.69) is 27.6 Å². The average Bonchev–Trinajstić information content (AvgIpc) is 3.85. The molecule has 306 valence electrons. The lowest BCUT2D eigenvalue weighted by Crippen LogP contribution is -2.57. The highest BCUT2D eigenvalue weighted by Crippen LogP contribution is 2.38. The van der Waals surface area contributed by atoms with Gasteiger partial charge in [-0.05, 0) is 115 Å². The molecular weight excluding hydrogens is 773 g/mol. The summed E-state index contributed by atoms with van der Waals surface area (Å²) in [7, 11) is 0. The Labute approximate surface area is 347 Å². The van der Waals surface area contributed by atoms with Crippen molar-refractivity contribution in [2.75, 3.05) is 13.1 Å². The minimum atomic E-state index is -1.09. The van der Waals surface area contributed by atoms with Crippen LogP contribution in [0.25, 0.3) is 22.3 Å². The fraction of sp³-hybridized carbons (Fsp3) is 0.455. The fourth-order valence-electron chi connectivity index (χ4n) is 8.12. The zero-order chi connectivity index (χ0) is 40.5. The minimum Gasteiger partial charge on any atom is -0.446 e. The van der Waals surface area contributed by atoms with Crippen molar-refractivity contribution in [3.05, 3.63) is 98.8 Å². The van der Waals surface area contributed by atoms with Crippen LogP contribution in [0.2, 0.25) is 0 Å². The first kappa shape index (κ1) is 41.1. The maximum Gasteiger partial charge on any atom is 0.408 e. The molecule has 3 aromatic heterocycles. The van der Waals surface area contributed by atoms with Gasteiger partial charge in [-0.1, -0.05) is 49.2 Å². The predicted molar refractivity (Wildman–Crippen MR) is 226 cm³/mol. The Kier molecular flexibility index (Phi) is 13.5. The molecule has 0 radical (unpaired) electrons. The number of carbonyl (C=O) groups is 4. The van der Waals surface area contributed by atoms with Gasteiger partial charge in [0.05, 0.1) is 17.8 Å². The molecule has 4 amide bonds. The van der Waals surface area contributed by atoms with Crippen LogP contribution < -0.4 is 21.5 Å². The number of hydrogen-bond acceptors (Lipinski definition) is 9. The molecule has 3 atom stereocenters. The third-order valence-corrected chi connectivity index (χ3v) is 12.9. The van der Waals surface area contributed by atoms with Gasteiger partial charge in [0, 0.05) is 25.1 Å². The lowest BCUT2D eigenvalue weighted by Gasteiger charge is -2.30. The number of allylic oxidation sites excluding steroid dienone is 1. The van der Waals surface area contributed by atoms with E-state index in [-0.39, 0.29) is 30.5 Å². The number of alkyl carbamates (subject to hydrolysis) is 1. The molecule has 3 aliphatic rings. The molecular formula is C44H52N6O6S2. The largest absolute Gasteiger partial charge is 0.446 e. The molecule has 4 aromatic rings. The van der Waals surface area contributed by atoms with E-state index in [0.717, 1.165) is 61.6 Å². The number of benzene rings is 1. The summed E-state index contributed by atoms with van der Waals surface area (Å²) >= 11 is 3.01. The Morgan fingerprint density at radius 1 is 0.983 bits per heavy atom. The third kappa shape index (κ3) is 9.78. The van der Waals surface area contributed by atoms with Gasteiger partial charge in [-0.25, -0.2) is 9.48 Å². The van der Waals surface area contributed by atoms with Gasteiger partial charge in [0.1, 0.15) is 23.7 Å². The molecule has 12 nitrogen and oxygen atoms in total. The summed E-state index contributed by atoms with van der Waals surface area (Å²) in [5.74, 6) is -1.18. The first-order valence-corrected chi connectivity index (χ1v) is 22.3. The Morgan fingerprint density at radius 2 is 1.72 bits per heavy atom. The van der Waals surface area contributed by atoms with Crippen LogP contribution >= 0.6 is 22.7 Å². The van der Waals surface area contributed by atoms with Crippen LogP contribution in [-0.2, 0) is 25.5 Å². The van der Waals surface area contributed by atoms with E-state index in [4.69, 9.17) is 4.74 Å². The van der Waals surface area contributed by atoms with E-state index in [1.165, 1.54) is 32.3 Å². The minimum absolute atomic E-state index is 0.00723. The second-order valence-electron chi connectivity index (χ2n) is 15.6. The molecule has 3 N–H and O–H groups in total. The van der Waals surface area contributed by atoms with Crippen molar-refractivity contribution in [3.8, 4) is 22.3 Å². The standard InChI is InChI=1S/C44H52N6O6S2/c1-2-3-4-5-9-16-36(47-43(55)56-34-14-10-11-15-34)40(52)49-27-33(50-41(53)38(32-19-24-58-29-32)35(26-46-50)31-18-23-57-28-31)25-37(49)39(51)48-44(20-21-44)42(54)45-22-17-30-12-7-6-8-13-30/h2,6-8,12-13,18-19,23-24,26,28-29,33-34,36-37H,1,3-5,9-11,14-17,20-22,25,27H2,(H,45,54)(H,47,55)(H,48,51)/t33-,36+,37+/m1/s1. The van der Waals surface area contributed by atoms with Gasteiger partial charge in [-0.15, -0.1) is 6.58 Å². The van der Waals surface area contributed by atoms with E-state index in [0.29, 0.717) is 49.8 Å². The summed E-state index contributed by atoms with van der Waals surface area (Å²) < 4.78 is 7.11. The first-order valence-electron chi connectivity index (χ1n) is 20.5. The number of unbranched alkanes of at least 4 members (excludes halogenated alkanes) is 3. The van der Waals surface area contributed by atoms with Gasteiger partial charge in [-0.3, -0.25) is 19.2 Å². The van der Waals surface area contributed by atoms with Gasteiger partial charge in [-0.2, -0.15) is 27.8 Å². The molecule has 0 unspecified atom stereocenters. The maximum absolute atomic E-state index is 14.7. The zero-order valence-electron chi connectivity index (χ0n) is 32.7. The van der Waals surface area contributed by atoms with Gasteiger partial charge < -0.3 is 25.6 Å². The molecule has 58 heavy (non-hydrogen) atoms. The molecule has 14 heteroatoms. The Balaban J connectivity index is 1.15. The maximum atomic E-state index is 14.7. The molecule has 2 saturated carbocycles. The Bertz CT molecular complexity index is 2090. The summed E-state index contributed by atoms with van der Waals surface area (Å²) in [6, 6.07) is 11.0. The van der Waals surface area contributed by atoms with Crippen LogP contribution in [0.1, 0.15) is 88.7 Å². The van der Waals surface area contributed by atoms with Crippen molar-refractivity contribution in [2.24, 2.45) is 0 Å². The number of hydrogen-bond donors (Lipinski definition) is 3. The van der Waals surface area contributed by atoms with Crippen molar-refractivity contribution in [1.82, 2.24) is 30.6 Å². The number of carbonyl (C=O) groups excluding carboxylic acids is 4. The van der Waals surface area contributed by atoms with Crippen molar-refractivity contribution in [3.63, 3.8) is 0 Å². The quantitative estimate of drug-likeness (QED) is 0.0721. The van der Waals surface area contributed by atoms with Crippen molar-refractivity contribution >= 4 is 46.5 Å². The second kappa shape index (κ2) is 19.1. The second-order valence-corrected chi connectivity index (χ2v) is 17.2. The van der Waals surface area contributed by atoms with Crippen LogP contribution in [0.5, 0.6) is 0 Å². The van der Waals surface area contributed by atoms with E-state index in [9.17, 15) is 24.0 Å². The molecule has 3 fully saturated rings. The highest BCUT2D eigenvalue weighted by molar-refractivity contribution is 7.08. The smallest absolute Gasteiger partial charge is 0.408 e. The summed E-state index contributed by atoms with van der Waals surface area (Å²) in [5.41, 5.74) is 2.53. The molecule has 0 bridgehead atoms. The lowest BCUT2D eigenvalue weighted by molar-refractivity contribution is -0.141. The van der Waals surface area contributed by atoms with Crippen LogP contribution in [0.15, 0.2) is 87.6 Å². The van der Waals surface area contributed by atoms with Gasteiger partial charge in [0.2, 0.25) is 17.7 Å². The number of aromatic nitrogens is 2. The van der Waals surface area contributed by atoms with Crippen LogP contribution in [0, 0.1) is 0 Å². The molecule has 1 saturated heterocycles. The number of likely N-dealkylation sites (tertiary alicyclic amines) is 1. The number of nitrogens with one attached hydrogen (secondary N) is 3. The summed E-state index contributed by atoms with van der Waals surface area (Å²) in [6.45, 7) is 4.22. The number of nitrogens with zero attached hydrogens (tertiary/aromatic N) is 3. The molecule has 0 spiro atoms. The first-order chi connectivity index (χ1) is 28.3. The fourth-order valence-corrected chi connectivity index (χ4v) is 9.43. The Hall–Kier alpha value is -5.08. The predicted octanol–water partition coefficient (Wildman–Crippen LogP) is 7.02. The molecule has 7 rings (SSSR count). The lowest BCUT2D eigenvalue weighted by atomic mass is 10.0.